The summed E-state index contributed by atoms with van der Waals surface area (Å²) in [6.45, 7) is -0.697. The Labute approximate surface area is 202 Å². The quantitative estimate of drug-likeness (QED) is 0.448. The fourth-order valence-electron chi connectivity index (χ4n) is 4.07. The van der Waals surface area contributed by atoms with Gasteiger partial charge in [0.25, 0.3) is 5.91 Å². The maximum Gasteiger partial charge on any atom is 0.416 e. The van der Waals surface area contributed by atoms with Crippen molar-refractivity contribution in [1.82, 2.24) is 19.9 Å². The predicted octanol–water partition coefficient (Wildman–Crippen LogP) is 1.86. The minimum atomic E-state index is -4.67. The molecular formula is C23H22F4N4O5. The first kappa shape index (κ1) is 25.7. The number of likely N-dealkylation sites (N-methyl/N-ethyl adjacent to an activating group) is 1. The average molecular weight is 510 g/mol. The maximum absolute atomic E-state index is 13.6. The molecule has 1 saturated heterocycles. The second-order valence-corrected chi connectivity index (χ2v) is 8.31. The van der Waals surface area contributed by atoms with Gasteiger partial charge in [0.2, 0.25) is 0 Å². The first-order valence-corrected chi connectivity index (χ1v) is 10.8. The van der Waals surface area contributed by atoms with Crippen molar-refractivity contribution in [3.63, 3.8) is 0 Å². The van der Waals surface area contributed by atoms with Gasteiger partial charge in [-0.1, -0.05) is 23.4 Å². The largest absolute Gasteiger partial charge is 0.416 e. The molecule has 13 heteroatoms. The molecule has 0 spiro atoms. The van der Waals surface area contributed by atoms with Crippen LogP contribution >= 0.6 is 0 Å². The molecule has 9 nitrogen and oxygen atoms in total. The lowest BCUT2D eigenvalue weighted by Crippen LogP contribution is -2.61. The van der Waals surface area contributed by atoms with Gasteiger partial charge in [-0.2, -0.15) is 13.2 Å². The van der Waals surface area contributed by atoms with E-state index in [4.69, 9.17) is 4.74 Å². The molecular weight excluding hydrogens is 488 g/mol. The number of ether oxygens (including phenoxy) is 1. The minimum absolute atomic E-state index is 0.228. The number of carbonyl (C=O) groups excluding carboxylic acids is 1. The summed E-state index contributed by atoms with van der Waals surface area (Å²) in [5, 5.41) is 39.4. The number of hydrogen-bond donors (Lipinski definition) is 3. The van der Waals surface area contributed by atoms with Crippen LogP contribution < -0.4 is 0 Å². The normalized spacial score (nSPS) is 24.5. The van der Waals surface area contributed by atoms with Gasteiger partial charge in [0.05, 0.1) is 18.4 Å². The molecule has 36 heavy (non-hydrogen) atoms. The Hall–Kier alpha value is -3.39. The van der Waals surface area contributed by atoms with Gasteiger partial charge < -0.3 is 25.0 Å². The van der Waals surface area contributed by atoms with E-state index in [1.807, 2.05) is 0 Å². The summed E-state index contributed by atoms with van der Waals surface area (Å²) >= 11 is 0. The van der Waals surface area contributed by atoms with Gasteiger partial charge in [-0.05, 0) is 30.3 Å². The maximum atomic E-state index is 13.6. The Morgan fingerprint density at radius 3 is 2.53 bits per heavy atom. The van der Waals surface area contributed by atoms with Crippen molar-refractivity contribution in [3.05, 3.63) is 71.7 Å². The van der Waals surface area contributed by atoms with Crippen LogP contribution in [0, 0.1) is 5.82 Å². The first-order chi connectivity index (χ1) is 17.0. The van der Waals surface area contributed by atoms with Crippen molar-refractivity contribution >= 4 is 5.91 Å². The number of nitrogens with zero attached hydrogens (tertiary/aromatic N) is 4. The lowest BCUT2D eigenvalue weighted by Gasteiger charge is -2.45. The van der Waals surface area contributed by atoms with Crippen LogP contribution in [0.15, 0.2) is 54.7 Å². The number of aliphatic hydroxyl groups excluding tert-OH is 3. The van der Waals surface area contributed by atoms with E-state index in [-0.39, 0.29) is 11.3 Å². The summed E-state index contributed by atoms with van der Waals surface area (Å²) in [4.78, 5) is 13.9. The third-order valence-corrected chi connectivity index (χ3v) is 5.94. The standard InChI is InChI=1S/C23H22F4N4O5/c1-30(21(35)13-5-2-6-14(8-13)23(25,26)27)22-20(34)18(19(33)17(11-32)36-22)31-10-16(28-29-31)12-4-3-7-15(24)9-12/h2-10,17-20,22,32-34H,11H2,1H3/t17?,18?,19-,20?,22+/m0/s1. The summed E-state index contributed by atoms with van der Waals surface area (Å²) in [5.74, 6) is -1.40. The van der Waals surface area contributed by atoms with Crippen LogP contribution in [0.5, 0.6) is 0 Å². The molecule has 0 saturated carbocycles. The molecule has 5 atom stereocenters. The molecule has 1 aliphatic rings. The summed E-state index contributed by atoms with van der Waals surface area (Å²) in [5.41, 5.74) is -0.725. The highest BCUT2D eigenvalue weighted by Gasteiger charge is 2.48. The number of rotatable bonds is 5. The van der Waals surface area contributed by atoms with Crippen molar-refractivity contribution in [2.75, 3.05) is 13.7 Å². The molecule has 1 aromatic heterocycles. The molecule has 1 amide bonds. The lowest BCUT2D eigenvalue weighted by atomic mass is 9.94. The summed E-state index contributed by atoms with van der Waals surface area (Å²) < 4.78 is 59.5. The van der Waals surface area contributed by atoms with E-state index in [0.29, 0.717) is 11.6 Å². The van der Waals surface area contributed by atoms with Crippen molar-refractivity contribution in [3.8, 4) is 11.3 Å². The topological polar surface area (TPSA) is 121 Å². The van der Waals surface area contributed by atoms with Gasteiger partial charge in [0.1, 0.15) is 35.9 Å². The SMILES string of the molecule is CN(C(=O)c1cccc(C(F)(F)F)c1)[C@@H]1OC(CO)[C@H](O)C(n2cc(-c3cccc(F)c3)nn2)C1O. The molecule has 1 fully saturated rings. The van der Waals surface area contributed by atoms with Crippen LogP contribution in [0.25, 0.3) is 11.3 Å². The number of aliphatic hydroxyl groups is 3. The van der Waals surface area contributed by atoms with Crippen LogP contribution in [0.1, 0.15) is 22.0 Å². The van der Waals surface area contributed by atoms with E-state index in [2.05, 4.69) is 10.3 Å². The Morgan fingerprint density at radius 1 is 1.14 bits per heavy atom. The van der Waals surface area contributed by atoms with E-state index in [0.717, 1.165) is 21.7 Å². The van der Waals surface area contributed by atoms with Gasteiger partial charge in [-0.25, -0.2) is 9.07 Å². The molecule has 0 aliphatic carbocycles. The summed E-state index contributed by atoms with van der Waals surface area (Å²) in [7, 11) is 1.21. The fourth-order valence-corrected chi connectivity index (χ4v) is 4.07. The number of carbonyl (C=O) groups is 1. The molecule has 1 aliphatic heterocycles. The Bertz CT molecular complexity index is 1240. The van der Waals surface area contributed by atoms with E-state index < -0.39 is 60.7 Å². The molecule has 3 aromatic rings. The van der Waals surface area contributed by atoms with Gasteiger partial charge in [-0.15, -0.1) is 5.10 Å². The second-order valence-electron chi connectivity index (χ2n) is 8.31. The monoisotopic (exact) mass is 510 g/mol. The minimum Gasteiger partial charge on any atom is -0.394 e. The Balaban J connectivity index is 1.63. The van der Waals surface area contributed by atoms with Crippen LogP contribution in [0.4, 0.5) is 17.6 Å². The third-order valence-electron chi connectivity index (χ3n) is 5.94. The van der Waals surface area contributed by atoms with Gasteiger partial charge in [-0.3, -0.25) is 4.79 Å². The predicted molar refractivity (Wildman–Crippen MR) is 116 cm³/mol. The molecule has 3 N–H and O–H groups in total. The lowest BCUT2D eigenvalue weighted by molar-refractivity contribution is -0.235. The van der Waals surface area contributed by atoms with Crippen molar-refractivity contribution in [1.29, 1.82) is 0 Å². The van der Waals surface area contributed by atoms with Crippen molar-refractivity contribution < 1.29 is 42.4 Å². The average Bonchev–Trinajstić information content (AvgIpc) is 3.33. The van der Waals surface area contributed by atoms with E-state index in [9.17, 15) is 37.7 Å². The molecule has 0 bridgehead atoms. The van der Waals surface area contributed by atoms with Crippen LogP contribution in [-0.2, 0) is 10.9 Å². The number of benzene rings is 2. The first-order valence-electron chi connectivity index (χ1n) is 10.8. The molecule has 4 rings (SSSR count). The number of amides is 1. The highest BCUT2D eigenvalue weighted by atomic mass is 19.4. The number of aromatic nitrogens is 3. The zero-order chi connectivity index (χ0) is 26.2. The number of alkyl halides is 3. The highest BCUT2D eigenvalue weighted by molar-refractivity contribution is 5.94. The van der Waals surface area contributed by atoms with Crippen LogP contribution in [0.2, 0.25) is 0 Å². The zero-order valence-electron chi connectivity index (χ0n) is 18.7. The number of halogens is 4. The zero-order valence-corrected chi connectivity index (χ0v) is 18.7. The molecule has 192 valence electrons. The van der Waals surface area contributed by atoms with Crippen LogP contribution in [0.3, 0.4) is 0 Å². The van der Waals surface area contributed by atoms with E-state index >= 15 is 0 Å². The number of hydrogen-bond acceptors (Lipinski definition) is 7. The van der Waals surface area contributed by atoms with Crippen LogP contribution in [-0.4, -0.2) is 79.3 Å². The van der Waals surface area contributed by atoms with Gasteiger partial charge in [0, 0.05) is 18.2 Å². The van der Waals surface area contributed by atoms with Crippen molar-refractivity contribution in [2.45, 2.75) is 36.8 Å². The summed E-state index contributed by atoms with van der Waals surface area (Å²) in [6, 6.07) is 7.98. The van der Waals surface area contributed by atoms with E-state index in [1.165, 1.54) is 37.5 Å². The van der Waals surface area contributed by atoms with Crippen molar-refractivity contribution in [2.24, 2.45) is 0 Å². The Kier molecular flexibility index (Phi) is 7.09. The van der Waals surface area contributed by atoms with E-state index in [1.54, 1.807) is 6.07 Å². The molecule has 3 unspecified atom stereocenters. The highest BCUT2D eigenvalue weighted by Crippen LogP contribution is 2.33. The van der Waals surface area contributed by atoms with Gasteiger partial charge in [0.15, 0.2) is 6.23 Å². The fraction of sp³-hybridized carbons (Fsp3) is 0.348. The molecule has 2 aromatic carbocycles. The molecule has 0 radical (unpaired) electrons. The summed E-state index contributed by atoms with van der Waals surface area (Å²) in [6.07, 6.45) is -9.21. The Morgan fingerprint density at radius 2 is 1.86 bits per heavy atom. The second kappa shape index (κ2) is 9.93. The third kappa shape index (κ3) is 4.95. The molecule has 2 heterocycles. The smallest absolute Gasteiger partial charge is 0.394 e. The van der Waals surface area contributed by atoms with Gasteiger partial charge >= 0.3 is 6.18 Å².